The lowest BCUT2D eigenvalue weighted by atomic mass is 10.0. The zero-order valence-electron chi connectivity index (χ0n) is 8.86. The molecule has 1 heterocycles. The molecule has 0 aliphatic heterocycles. The van der Waals surface area contributed by atoms with Gasteiger partial charge in [0.05, 0.1) is 6.10 Å². The maximum atomic E-state index is 10.1. The van der Waals surface area contributed by atoms with E-state index < -0.39 is 6.10 Å². The van der Waals surface area contributed by atoms with E-state index in [0.717, 1.165) is 22.8 Å². The molecule has 0 saturated heterocycles. The first-order valence-electron chi connectivity index (χ1n) is 5.10. The quantitative estimate of drug-likeness (QED) is 0.622. The fourth-order valence-corrected chi connectivity index (χ4v) is 1.98. The highest BCUT2D eigenvalue weighted by atomic mass is 127. The van der Waals surface area contributed by atoms with Crippen LogP contribution in [0.5, 0.6) is 0 Å². The number of likely N-dealkylation sites (N-methyl/N-ethyl adjacent to an activating group) is 1. The van der Waals surface area contributed by atoms with Gasteiger partial charge in [-0.05, 0) is 30.4 Å². The topological polar surface area (TPSA) is 45.1 Å². The molecule has 0 bridgehead atoms. The van der Waals surface area contributed by atoms with Crippen molar-refractivity contribution in [2.75, 3.05) is 11.5 Å². The number of nitrogens with zero attached hydrogens (tertiary/aromatic N) is 1. The van der Waals surface area contributed by atoms with Gasteiger partial charge < -0.3 is 10.4 Å². The summed E-state index contributed by atoms with van der Waals surface area (Å²) in [5, 5.41) is 13.3. The van der Waals surface area contributed by atoms with Crippen LogP contribution in [0.4, 0.5) is 0 Å². The van der Waals surface area contributed by atoms with E-state index in [1.54, 1.807) is 12.4 Å². The molecule has 1 aromatic heterocycles. The lowest BCUT2D eigenvalue weighted by molar-refractivity contribution is 0.127. The number of halogens is 1. The molecule has 0 aliphatic rings. The van der Waals surface area contributed by atoms with Crippen LogP contribution in [0.15, 0.2) is 24.5 Å². The van der Waals surface area contributed by atoms with Gasteiger partial charge in [0, 0.05) is 24.0 Å². The van der Waals surface area contributed by atoms with Crippen molar-refractivity contribution in [1.82, 2.24) is 10.3 Å². The minimum atomic E-state index is -0.466. The van der Waals surface area contributed by atoms with Crippen LogP contribution in [-0.4, -0.2) is 27.6 Å². The molecule has 15 heavy (non-hydrogen) atoms. The first kappa shape index (κ1) is 12.9. The summed E-state index contributed by atoms with van der Waals surface area (Å²) in [6.07, 6.45) is 5.07. The van der Waals surface area contributed by atoms with Crippen molar-refractivity contribution in [3.63, 3.8) is 0 Å². The molecule has 3 nitrogen and oxygen atoms in total. The standard InChI is InChI=1S/C11H17IN2O/c1-13-10(5-2-6-12)11(15)9-4-3-7-14-8-9/h3-4,7-8,10-11,13,15H,2,5-6H2,1H3/t10-,11+/m1/s1. The van der Waals surface area contributed by atoms with Crippen molar-refractivity contribution >= 4 is 22.6 Å². The van der Waals surface area contributed by atoms with Crippen molar-refractivity contribution < 1.29 is 5.11 Å². The van der Waals surface area contributed by atoms with Crippen molar-refractivity contribution in [2.45, 2.75) is 25.0 Å². The van der Waals surface area contributed by atoms with Crippen LogP contribution in [0.25, 0.3) is 0 Å². The third-order valence-corrected chi connectivity index (χ3v) is 3.19. The van der Waals surface area contributed by atoms with Gasteiger partial charge in [0.25, 0.3) is 0 Å². The summed E-state index contributed by atoms with van der Waals surface area (Å²) in [5.74, 6) is 0. The van der Waals surface area contributed by atoms with Gasteiger partial charge in [-0.25, -0.2) is 0 Å². The predicted molar refractivity (Wildman–Crippen MR) is 70.2 cm³/mol. The van der Waals surface area contributed by atoms with Crippen LogP contribution in [0.3, 0.4) is 0 Å². The predicted octanol–water partition coefficient (Wildman–Crippen LogP) is 1.92. The van der Waals surface area contributed by atoms with E-state index in [1.807, 2.05) is 19.2 Å². The second-order valence-corrected chi connectivity index (χ2v) is 4.54. The van der Waals surface area contributed by atoms with Gasteiger partial charge in [0.1, 0.15) is 0 Å². The molecular formula is C11H17IN2O. The number of aromatic nitrogens is 1. The van der Waals surface area contributed by atoms with E-state index in [-0.39, 0.29) is 6.04 Å². The molecule has 0 aliphatic carbocycles. The Labute approximate surface area is 104 Å². The van der Waals surface area contributed by atoms with E-state index in [4.69, 9.17) is 0 Å². The van der Waals surface area contributed by atoms with Gasteiger partial charge >= 0.3 is 0 Å². The fourth-order valence-electron chi connectivity index (χ4n) is 1.54. The van der Waals surface area contributed by atoms with Gasteiger partial charge in [0.2, 0.25) is 0 Å². The second kappa shape index (κ2) is 7.14. The third kappa shape index (κ3) is 4.04. The highest BCUT2D eigenvalue weighted by molar-refractivity contribution is 14.1. The summed E-state index contributed by atoms with van der Waals surface area (Å²) in [7, 11) is 1.89. The van der Waals surface area contributed by atoms with Crippen molar-refractivity contribution in [2.24, 2.45) is 0 Å². The molecule has 4 heteroatoms. The Morgan fingerprint density at radius 2 is 2.40 bits per heavy atom. The first-order chi connectivity index (χ1) is 7.29. The molecule has 0 spiro atoms. The number of aliphatic hydroxyl groups is 1. The summed E-state index contributed by atoms with van der Waals surface area (Å²) in [6.45, 7) is 0. The molecule has 0 amide bonds. The lowest BCUT2D eigenvalue weighted by Crippen LogP contribution is -2.32. The van der Waals surface area contributed by atoms with Crippen LogP contribution in [-0.2, 0) is 0 Å². The SMILES string of the molecule is CN[C@H](CCCI)[C@@H](O)c1cccnc1. The van der Waals surface area contributed by atoms with Gasteiger partial charge in [-0.1, -0.05) is 28.7 Å². The maximum Gasteiger partial charge on any atom is 0.0957 e. The summed E-state index contributed by atoms with van der Waals surface area (Å²) in [5.41, 5.74) is 0.880. The second-order valence-electron chi connectivity index (χ2n) is 3.46. The minimum Gasteiger partial charge on any atom is -0.387 e. The van der Waals surface area contributed by atoms with Gasteiger partial charge in [-0.2, -0.15) is 0 Å². The monoisotopic (exact) mass is 320 g/mol. The zero-order chi connectivity index (χ0) is 11.1. The highest BCUT2D eigenvalue weighted by Crippen LogP contribution is 2.18. The molecule has 2 N–H and O–H groups in total. The molecule has 0 saturated carbocycles. The number of hydrogen-bond acceptors (Lipinski definition) is 3. The van der Waals surface area contributed by atoms with Crippen molar-refractivity contribution in [1.29, 1.82) is 0 Å². The summed E-state index contributed by atoms with van der Waals surface area (Å²) < 4.78 is 1.12. The summed E-state index contributed by atoms with van der Waals surface area (Å²) >= 11 is 2.35. The molecule has 0 unspecified atom stereocenters. The van der Waals surface area contributed by atoms with Crippen LogP contribution in [0.1, 0.15) is 24.5 Å². The average molecular weight is 320 g/mol. The van der Waals surface area contributed by atoms with E-state index in [9.17, 15) is 5.11 Å². The van der Waals surface area contributed by atoms with Crippen molar-refractivity contribution in [3.8, 4) is 0 Å². The molecule has 0 aromatic carbocycles. The van der Waals surface area contributed by atoms with Crippen LogP contribution in [0.2, 0.25) is 0 Å². The smallest absolute Gasteiger partial charge is 0.0957 e. The Balaban J connectivity index is 2.60. The molecule has 1 aromatic rings. The lowest BCUT2D eigenvalue weighted by Gasteiger charge is -2.22. The maximum absolute atomic E-state index is 10.1. The Morgan fingerprint density at radius 3 is 2.93 bits per heavy atom. The van der Waals surface area contributed by atoms with Gasteiger partial charge in [0.15, 0.2) is 0 Å². The molecule has 0 radical (unpaired) electrons. The Hall–Kier alpha value is -0.200. The van der Waals surface area contributed by atoms with E-state index >= 15 is 0 Å². The number of pyridine rings is 1. The zero-order valence-corrected chi connectivity index (χ0v) is 11.0. The fraction of sp³-hybridized carbons (Fsp3) is 0.545. The number of alkyl halides is 1. The summed E-state index contributed by atoms with van der Waals surface area (Å²) in [4.78, 5) is 4.01. The summed E-state index contributed by atoms with van der Waals surface area (Å²) in [6, 6.07) is 3.87. The first-order valence-corrected chi connectivity index (χ1v) is 6.63. The number of aliphatic hydroxyl groups excluding tert-OH is 1. The number of hydrogen-bond donors (Lipinski definition) is 2. The minimum absolute atomic E-state index is 0.115. The average Bonchev–Trinajstić information content (AvgIpc) is 2.31. The third-order valence-electron chi connectivity index (χ3n) is 2.43. The molecule has 1 rings (SSSR count). The highest BCUT2D eigenvalue weighted by Gasteiger charge is 2.18. The van der Waals surface area contributed by atoms with Gasteiger partial charge in [-0.15, -0.1) is 0 Å². The van der Waals surface area contributed by atoms with Crippen LogP contribution < -0.4 is 5.32 Å². The Bertz CT molecular complexity index is 269. The van der Waals surface area contributed by atoms with Crippen LogP contribution in [0, 0.1) is 0 Å². The van der Waals surface area contributed by atoms with E-state index in [0.29, 0.717) is 0 Å². The van der Waals surface area contributed by atoms with E-state index in [2.05, 4.69) is 32.9 Å². The normalized spacial score (nSPS) is 14.9. The number of nitrogens with one attached hydrogen (secondary N) is 1. The number of rotatable bonds is 6. The molecular weight excluding hydrogens is 303 g/mol. The molecule has 2 atom stereocenters. The molecule has 84 valence electrons. The Morgan fingerprint density at radius 1 is 1.60 bits per heavy atom. The van der Waals surface area contributed by atoms with Crippen LogP contribution >= 0.6 is 22.6 Å². The van der Waals surface area contributed by atoms with Gasteiger partial charge in [-0.3, -0.25) is 4.98 Å². The van der Waals surface area contributed by atoms with Crippen molar-refractivity contribution in [3.05, 3.63) is 30.1 Å². The van der Waals surface area contributed by atoms with E-state index in [1.165, 1.54) is 0 Å². The molecule has 0 fully saturated rings. The largest absolute Gasteiger partial charge is 0.387 e. The Kier molecular flexibility index (Phi) is 6.12.